The summed E-state index contributed by atoms with van der Waals surface area (Å²) in [6, 6.07) is 0. The van der Waals surface area contributed by atoms with Crippen molar-refractivity contribution in [2.75, 3.05) is 18.0 Å². The molecular formula is C14H17Cl2FN4. The van der Waals surface area contributed by atoms with Crippen molar-refractivity contribution in [3.05, 3.63) is 22.5 Å². The first-order chi connectivity index (χ1) is 10.2. The lowest BCUT2D eigenvalue weighted by atomic mass is 10.1. The smallest absolute Gasteiger partial charge is 0.225 e. The molecule has 1 saturated heterocycles. The second kappa shape index (κ2) is 7.18. The summed E-state index contributed by atoms with van der Waals surface area (Å²) in [5.74, 6) is -0.0144. The summed E-state index contributed by atoms with van der Waals surface area (Å²) in [6.45, 7) is 5.76. The van der Waals surface area contributed by atoms with Gasteiger partial charge in [0.25, 0.3) is 0 Å². The first-order valence-corrected chi connectivity index (χ1v) is 7.84. The predicted molar refractivity (Wildman–Crippen MR) is 84.7 cm³/mol. The highest BCUT2D eigenvalue weighted by Gasteiger charge is 2.19. The Morgan fingerprint density at radius 1 is 1.10 bits per heavy atom. The van der Waals surface area contributed by atoms with E-state index in [1.165, 1.54) is 12.6 Å². The molecule has 0 amide bonds. The molecule has 1 fully saturated rings. The summed E-state index contributed by atoms with van der Waals surface area (Å²) in [4.78, 5) is 14.1. The van der Waals surface area contributed by atoms with E-state index < -0.39 is 5.82 Å². The quantitative estimate of drug-likeness (QED) is 0.570. The molecule has 3 heterocycles. The SMILES string of the molecule is CC.Fc1c(Cl)ncc2c(N3CCCCC3)nc(Cl)nc12. The highest BCUT2D eigenvalue weighted by molar-refractivity contribution is 6.30. The van der Waals surface area contributed by atoms with E-state index in [2.05, 4.69) is 19.9 Å². The molecule has 0 unspecified atom stereocenters. The van der Waals surface area contributed by atoms with Gasteiger partial charge in [-0.2, -0.15) is 4.98 Å². The molecule has 2 aromatic rings. The van der Waals surface area contributed by atoms with Crippen molar-refractivity contribution in [3.8, 4) is 0 Å². The average Bonchev–Trinajstić information content (AvgIpc) is 2.53. The summed E-state index contributed by atoms with van der Waals surface area (Å²) in [5, 5.41) is 0.370. The molecule has 0 radical (unpaired) electrons. The molecule has 1 aliphatic heterocycles. The molecule has 1 aliphatic rings. The Hall–Kier alpha value is -1.20. The van der Waals surface area contributed by atoms with E-state index in [4.69, 9.17) is 23.2 Å². The molecule has 4 nitrogen and oxygen atoms in total. The Labute approximate surface area is 133 Å². The van der Waals surface area contributed by atoms with Gasteiger partial charge in [0.1, 0.15) is 11.3 Å². The van der Waals surface area contributed by atoms with Crippen molar-refractivity contribution in [2.45, 2.75) is 33.1 Å². The fraction of sp³-hybridized carbons (Fsp3) is 0.500. The maximum atomic E-state index is 14.0. The van der Waals surface area contributed by atoms with Gasteiger partial charge in [-0.15, -0.1) is 0 Å². The Morgan fingerprint density at radius 3 is 2.43 bits per heavy atom. The minimum Gasteiger partial charge on any atom is -0.356 e. The molecule has 7 heteroatoms. The van der Waals surface area contributed by atoms with E-state index in [-0.39, 0.29) is 16.0 Å². The van der Waals surface area contributed by atoms with Crippen molar-refractivity contribution >= 4 is 39.9 Å². The topological polar surface area (TPSA) is 41.9 Å². The zero-order valence-corrected chi connectivity index (χ0v) is 13.5. The van der Waals surface area contributed by atoms with Gasteiger partial charge in [0.2, 0.25) is 5.28 Å². The fourth-order valence-electron chi connectivity index (χ4n) is 2.34. The van der Waals surface area contributed by atoms with E-state index in [0.29, 0.717) is 11.2 Å². The minimum absolute atomic E-state index is 0.0224. The molecule has 2 aromatic heterocycles. The van der Waals surface area contributed by atoms with Gasteiger partial charge in [-0.3, -0.25) is 0 Å². The van der Waals surface area contributed by atoms with Gasteiger partial charge >= 0.3 is 0 Å². The number of halogens is 3. The van der Waals surface area contributed by atoms with Crippen LogP contribution in [0.15, 0.2) is 6.20 Å². The molecule has 0 aliphatic carbocycles. The third-order valence-corrected chi connectivity index (χ3v) is 3.68. The number of hydrogen-bond acceptors (Lipinski definition) is 4. The van der Waals surface area contributed by atoms with Crippen LogP contribution in [-0.2, 0) is 0 Å². The molecule has 0 bridgehead atoms. The van der Waals surface area contributed by atoms with E-state index >= 15 is 0 Å². The number of hydrogen-bond donors (Lipinski definition) is 0. The van der Waals surface area contributed by atoms with E-state index in [0.717, 1.165) is 25.9 Å². The van der Waals surface area contributed by atoms with Crippen LogP contribution in [0.1, 0.15) is 33.1 Å². The van der Waals surface area contributed by atoms with Crippen LogP contribution in [0, 0.1) is 5.82 Å². The van der Waals surface area contributed by atoms with E-state index in [9.17, 15) is 4.39 Å². The number of nitrogens with zero attached hydrogens (tertiary/aromatic N) is 4. The lowest BCUT2D eigenvalue weighted by molar-refractivity contribution is 0.574. The lowest BCUT2D eigenvalue weighted by Crippen LogP contribution is -2.30. The average molecular weight is 331 g/mol. The van der Waals surface area contributed by atoms with Gasteiger partial charge in [-0.1, -0.05) is 25.4 Å². The van der Waals surface area contributed by atoms with Crippen molar-refractivity contribution in [1.29, 1.82) is 0 Å². The van der Waals surface area contributed by atoms with Crippen LogP contribution < -0.4 is 4.90 Å². The van der Waals surface area contributed by atoms with Crippen LogP contribution in [0.5, 0.6) is 0 Å². The Balaban J connectivity index is 0.000000774. The number of rotatable bonds is 1. The van der Waals surface area contributed by atoms with Crippen LogP contribution >= 0.6 is 23.2 Å². The Kier molecular flexibility index (Phi) is 5.53. The number of piperidine rings is 1. The molecule has 0 N–H and O–H groups in total. The third-order valence-electron chi connectivity index (χ3n) is 3.25. The van der Waals surface area contributed by atoms with Crippen molar-refractivity contribution in [1.82, 2.24) is 15.0 Å². The van der Waals surface area contributed by atoms with Crippen LogP contribution in [0.25, 0.3) is 10.9 Å². The lowest BCUT2D eigenvalue weighted by Gasteiger charge is -2.28. The van der Waals surface area contributed by atoms with Crippen LogP contribution in [0.3, 0.4) is 0 Å². The molecule has 3 rings (SSSR count). The third kappa shape index (κ3) is 3.35. The Morgan fingerprint density at radius 2 is 1.76 bits per heavy atom. The van der Waals surface area contributed by atoms with Crippen LogP contribution in [-0.4, -0.2) is 28.0 Å². The molecule has 0 aromatic carbocycles. The van der Waals surface area contributed by atoms with E-state index in [1.807, 2.05) is 13.8 Å². The van der Waals surface area contributed by atoms with Gasteiger partial charge < -0.3 is 4.90 Å². The normalized spacial score (nSPS) is 14.8. The summed E-state index contributed by atoms with van der Waals surface area (Å²) < 4.78 is 14.0. The van der Waals surface area contributed by atoms with Crippen molar-refractivity contribution in [3.63, 3.8) is 0 Å². The number of anilines is 1. The maximum absolute atomic E-state index is 14.0. The summed E-state index contributed by atoms with van der Waals surface area (Å²) >= 11 is 11.6. The minimum atomic E-state index is -0.651. The second-order valence-electron chi connectivity index (χ2n) is 4.49. The molecule has 0 spiro atoms. The van der Waals surface area contributed by atoms with Crippen LogP contribution in [0.4, 0.5) is 10.2 Å². The zero-order chi connectivity index (χ0) is 15.4. The molecule has 0 atom stereocenters. The standard InChI is InChI=1S/C12H11Cl2FN4.C2H6/c13-10-8(15)9-7(6-16-10)11(18-12(14)17-9)19-4-2-1-3-5-19;1-2/h6H,1-5H2;1-2H3. The summed E-state index contributed by atoms with van der Waals surface area (Å²) in [5.41, 5.74) is 0.126. The molecule has 0 saturated carbocycles. The highest BCUT2D eigenvalue weighted by atomic mass is 35.5. The number of fused-ring (bicyclic) bond motifs is 1. The van der Waals surface area contributed by atoms with Gasteiger partial charge in [0.15, 0.2) is 11.0 Å². The summed E-state index contributed by atoms with van der Waals surface area (Å²) in [7, 11) is 0. The monoisotopic (exact) mass is 330 g/mol. The van der Waals surface area contributed by atoms with Crippen LogP contribution in [0.2, 0.25) is 10.4 Å². The first kappa shape index (κ1) is 16.2. The predicted octanol–water partition coefficient (Wildman–Crippen LogP) is 4.49. The zero-order valence-electron chi connectivity index (χ0n) is 12.0. The number of pyridine rings is 1. The fourth-order valence-corrected chi connectivity index (χ4v) is 2.64. The van der Waals surface area contributed by atoms with Gasteiger partial charge in [0.05, 0.1) is 5.39 Å². The number of aromatic nitrogens is 3. The van der Waals surface area contributed by atoms with Crippen molar-refractivity contribution < 1.29 is 4.39 Å². The largest absolute Gasteiger partial charge is 0.356 e. The summed E-state index contributed by atoms with van der Waals surface area (Å²) in [6.07, 6.45) is 4.88. The maximum Gasteiger partial charge on any atom is 0.225 e. The molecular weight excluding hydrogens is 314 g/mol. The van der Waals surface area contributed by atoms with Gasteiger partial charge in [0, 0.05) is 19.3 Å². The van der Waals surface area contributed by atoms with Crippen molar-refractivity contribution in [2.24, 2.45) is 0 Å². The van der Waals surface area contributed by atoms with Gasteiger partial charge in [-0.05, 0) is 30.9 Å². The first-order valence-electron chi connectivity index (χ1n) is 7.09. The molecule has 21 heavy (non-hydrogen) atoms. The molecule has 114 valence electrons. The Bertz CT molecular complexity index is 630. The second-order valence-corrected chi connectivity index (χ2v) is 5.19. The van der Waals surface area contributed by atoms with Gasteiger partial charge in [-0.25, -0.2) is 14.4 Å². The highest BCUT2D eigenvalue weighted by Crippen LogP contribution is 2.30. The van der Waals surface area contributed by atoms with E-state index in [1.54, 1.807) is 0 Å².